The molecule has 2 rings (SSSR count). The molecule has 0 saturated carbocycles. The highest BCUT2D eigenvalue weighted by Crippen LogP contribution is 2.27. The van der Waals surface area contributed by atoms with E-state index in [2.05, 4.69) is 10.6 Å². The molecule has 0 aliphatic carbocycles. The van der Waals surface area contributed by atoms with Crippen LogP contribution in [0, 0.1) is 5.92 Å². The molecule has 0 bridgehead atoms. The summed E-state index contributed by atoms with van der Waals surface area (Å²) >= 11 is 0. The van der Waals surface area contributed by atoms with Crippen LogP contribution >= 0.6 is 0 Å². The first-order valence-electron chi connectivity index (χ1n) is 11.5. The van der Waals surface area contributed by atoms with E-state index in [1.54, 1.807) is 37.3 Å². The van der Waals surface area contributed by atoms with Gasteiger partial charge in [-0.15, -0.1) is 0 Å². The Morgan fingerprint density at radius 3 is 2.55 bits per heavy atom. The first kappa shape index (κ1) is 26.4. The lowest BCUT2D eigenvalue weighted by Crippen LogP contribution is -2.48. The van der Waals surface area contributed by atoms with E-state index < -0.39 is 0 Å². The van der Waals surface area contributed by atoms with Crippen molar-refractivity contribution in [3.05, 3.63) is 23.8 Å². The second kappa shape index (κ2) is 11.9. The van der Waals surface area contributed by atoms with Gasteiger partial charge < -0.3 is 29.9 Å². The van der Waals surface area contributed by atoms with Gasteiger partial charge in [0.15, 0.2) is 0 Å². The Hall–Kier alpha value is -2.81. The van der Waals surface area contributed by atoms with E-state index in [4.69, 9.17) is 9.47 Å². The molecule has 1 aromatic carbocycles. The highest BCUT2D eigenvalue weighted by atomic mass is 16.5. The van der Waals surface area contributed by atoms with Gasteiger partial charge in [0.05, 0.1) is 17.7 Å². The number of likely N-dealkylation sites (N-methyl/N-ethyl adjacent to an activating group) is 1. The number of amides is 4. The van der Waals surface area contributed by atoms with Crippen molar-refractivity contribution in [2.75, 3.05) is 39.2 Å². The third kappa shape index (κ3) is 7.08. The van der Waals surface area contributed by atoms with Gasteiger partial charge in [-0.2, -0.15) is 0 Å². The summed E-state index contributed by atoms with van der Waals surface area (Å²) in [5.74, 6) is 0.211. The van der Waals surface area contributed by atoms with E-state index >= 15 is 0 Å². The largest absolute Gasteiger partial charge is 0.491 e. The van der Waals surface area contributed by atoms with E-state index in [0.29, 0.717) is 36.5 Å². The molecule has 33 heavy (non-hydrogen) atoms. The lowest BCUT2D eigenvalue weighted by molar-refractivity contribution is -0.135. The molecule has 1 heterocycles. The van der Waals surface area contributed by atoms with Crippen molar-refractivity contribution in [3.8, 4) is 5.75 Å². The molecule has 1 aliphatic rings. The maximum Gasteiger partial charge on any atom is 0.319 e. The minimum absolute atomic E-state index is 0.0141. The van der Waals surface area contributed by atoms with Gasteiger partial charge in [0.2, 0.25) is 5.91 Å². The summed E-state index contributed by atoms with van der Waals surface area (Å²) in [5, 5.41) is 5.53. The molecule has 9 heteroatoms. The average Bonchev–Trinajstić information content (AvgIpc) is 2.76. The zero-order valence-electron chi connectivity index (χ0n) is 20.8. The van der Waals surface area contributed by atoms with Crippen LogP contribution in [0.15, 0.2) is 18.2 Å². The van der Waals surface area contributed by atoms with Crippen LogP contribution < -0.4 is 15.4 Å². The minimum Gasteiger partial charge on any atom is -0.491 e. The molecule has 9 nitrogen and oxygen atoms in total. The summed E-state index contributed by atoms with van der Waals surface area (Å²) in [6, 6.07) is 4.40. The van der Waals surface area contributed by atoms with Crippen molar-refractivity contribution in [1.82, 2.24) is 15.1 Å². The van der Waals surface area contributed by atoms with Gasteiger partial charge in [0, 0.05) is 57.4 Å². The van der Waals surface area contributed by atoms with Crippen molar-refractivity contribution in [2.45, 2.75) is 59.2 Å². The normalized spacial score (nSPS) is 22.1. The highest BCUT2D eigenvalue weighted by molar-refractivity contribution is 5.98. The molecule has 3 atom stereocenters. The lowest BCUT2D eigenvalue weighted by Gasteiger charge is -2.36. The van der Waals surface area contributed by atoms with Crippen LogP contribution in [0.1, 0.15) is 51.4 Å². The second-order valence-electron chi connectivity index (χ2n) is 8.96. The number of fused-ring (bicyclic) bond motifs is 1. The van der Waals surface area contributed by atoms with Gasteiger partial charge in [0.1, 0.15) is 12.4 Å². The fraction of sp³-hybridized carbons (Fsp3) is 0.625. The van der Waals surface area contributed by atoms with Gasteiger partial charge in [-0.3, -0.25) is 9.59 Å². The van der Waals surface area contributed by atoms with Crippen molar-refractivity contribution in [3.63, 3.8) is 0 Å². The zero-order chi connectivity index (χ0) is 24.7. The highest BCUT2D eigenvalue weighted by Gasteiger charge is 2.29. The van der Waals surface area contributed by atoms with Crippen LogP contribution in [0.25, 0.3) is 0 Å². The summed E-state index contributed by atoms with van der Waals surface area (Å²) in [7, 11) is 3.34. The summed E-state index contributed by atoms with van der Waals surface area (Å²) in [6.45, 7) is 10.6. The molecule has 1 aromatic rings. The molecular weight excluding hydrogens is 424 g/mol. The van der Waals surface area contributed by atoms with Gasteiger partial charge in [-0.1, -0.05) is 13.8 Å². The topological polar surface area (TPSA) is 100 Å². The number of carbonyl (C=O) groups excluding carboxylic acids is 3. The van der Waals surface area contributed by atoms with E-state index in [9.17, 15) is 14.4 Å². The van der Waals surface area contributed by atoms with E-state index in [0.717, 1.165) is 0 Å². The van der Waals surface area contributed by atoms with Crippen molar-refractivity contribution < 1.29 is 23.9 Å². The van der Waals surface area contributed by atoms with Gasteiger partial charge >= 0.3 is 6.03 Å². The number of methoxy groups -OCH3 is 1. The van der Waals surface area contributed by atoms with Crippen LogP contribution in [0.2, 0.25) is 0 Å². The Bertz CT molecular complexity index is 844. The van der Waals surface area contributed by atoms with E-state index in [-0.39, 0.29) is 48.6 Å². The molecule has 0 radical (unpaired) electrons. The molecule has 0 saturated heterocycles. The van der Waals surface area contributed by atoms with Crippen LogP contribution in [-0.4, -0.2) is 79.7 Å². The first-order chi connectivity index (χ1) is 15.6. The monoisotopic (exact) mass is 462 g/mol. The van der Waals surface area contributed by atoms with Gasteiger partial charge in [0.25, 0.3) is 5.91 Å². The Labute approximate surface area is 196 Å². The lowest BCUT2D eigenvalue weighted by atomic mass is 10.0. The number of ether oxygens (including phenoxy) is 2. The summed E-state index contributed by atoms with van der Waals surface area (Å²) in [5.41, 5.74) is 0.892. The number of hydrogen-bond acceptors (Lipinski definition) is 5. The minimum atomic E-state index is -0.341. The molecule has 0 spiro atoms. The number of benzene rings is 1. The predicted octanol–water partition coefficient (Wildman–Crippen LogP) is 2.96. The molecule has 0 fully saturated rings. The summed E-state index contributed by atoms with van der Waals surface area (Å²) in [6.07, 6.45) is 0.158. The van der Waals surface area contributed by atoms with Gasteiger partial charge in [-0.05, 0) is 32.9 Å². The number of nitrogens with zero attached hydrogens (tertiary/aromatic N) is 2. The molecule has 4 amide bonds. The molecule has 0 unspecified atom stereocenters. The maximum absolute atomic E-state index is 13.2. The third-order valence-corrected chi connectivity index (χ3v) is 5.75. The Balaban J connectivity index is 2.41. The van der Waals surface area contributed by atoms with Crippen LogP contribution in [0.4, 0.5) is 10.5 Å². The van der Waals surface area contributed by atoms with Crippen LogP contribution in [-0.2, 0) is 9.53 Å². The molecule has 1 aliphatic heterocycles. The van der Waals surface area contributed by atoms with Crippen molar-refractivity contribution >= 4 is 23.5 Å². The second-order valence-corrected chi connectivity index (χ2v) is 8.96. The van der Waals surface area contributed by atoms with Crippen LogP contribution in [0.3, 0.4) is 0 Å². The number of hydrogen-bond donors (Lipinski definition) is 2. The van der Waals surface area contributed by atoms with Crippen molar-refractivity contribution in [2.24, 2.45) is 5.92 Å². The number of anilines is 1. The smallest absolute Gasteiger partial charge is 0.319 e. The van der Waals surface area contributed by atoms with Crippen molar-refractivity contribution in [1.29, 1.82) is 0 Å². The zero-order valence-corrected chi connectivity index (χ0v) is 20.8. The summed E-state index contributed by atoms with van der Waals surface area (Å²) in [4.78, 5) is 41.4. The standard InChI is InChI=1S/C24H38N4O5/c1-8-22(29)28-12-16(4)21(32-7)13-27(6)23(30)19-10-9-18(26-24(31)25-15(2)3)11-20(19)33-14-17(28)5/h9-11,15-17,21H,8,12-14H2,1-7H3,(H2,25,26,31)/t16-,17-,21+/m0/s1. The number of nitrogens with one attached hydrogen (secondary N) is 2. The number of urea groups is 1. The molecular formula is C24H38N4O5. The quantitative estimate of drug-likeness (QED) is 0.717. The van der Waals surface area contributed by atoms with E-state index in [1.165, 1.54) is 0 Å². The van der Waals surface area contributed by atoms with Crippen LogP contribution in [0.5, 0.6) is 5.75 Å². The predicted molar refractivity (Wildman–Crippen MR) is 128 cm³/mol. The van der Waals surface area contributed by atoms with Gasteiger partial charge in [-0.25, -0.2) is 4.79 Å². The Kier molecular flexibility index (Phi) is 9.52. The third-order valence-electron chi connectivity index (χ3n) is 5.75. The SMILES string of the molecule is CCC(=O)N1C[C@H](C)[C@H](OC)CN(C)C(=O)c2ccc(NC(=O)NC(C)C)cc2OC[C@@H]1C. The summed E-state index contributed by atoms with van der Waals surface area (Å²) < 4.78 is 11.8. The Morgan fingerprint density at radius 2 is 1.94 bits per heavy atom. The number of carbonyl (C=O) groups is 3. The molecule has 0 aromatic heterocycles. The first-order valence-corrected chi connectivity index (χ1v) is 11.5. The molecule has 2 N–H and O–H groups in total. The van der Waals surface area contributed by atoms with E-state index in [1.807, 2.05) is 39.5 Å². The molecule has 184 valence electrons. The average molecular weight is 463 g/mol. The fourth-order valence-electron chi connectivity index (χ4n) is 3.83. The maximum atomic E-state index is 13.2. The fourth-order valence-corrected chi connectivity index (χ4v) is 3.83. The Morgan fingerprint density at radius 1 is 1.24 bits per heavy atom. The number of rotatable bonds is 4.